The largest absolute Gasteiger partial charge is 0.396 e. The third-order valence-corrected chi connectivity index (χ3v) is 0.823. The van der Waals surface area contributed by atoms with Gasteiger partial charge in [0.05, 0.1) is 0 Å². The Kier molecular flexibility index (Phi) is 5.45. The second-order valence-corrected chi connectivity index (χ2v) is 1.52. The monoisotopic (exact) mass is 110 g/mol. The van der Waals surface area contributed by atoms with Gasteiger partial charge in [-0.1, -0.05) is 0 Å². The van der Waals surface area contributed by atoms with E-state index in [-0.39, 0.29) is 18.8 Å². The van der Waals surface area contributed by atoms with E-state index in [1.807, 2.05) is 0 Å². The molecule has 0 saturated heterocycles. The molecule has 0 fully saturated rings. The molecule has 1 nitrogen and oxygen atoms in total. The summed E-state index contributed by atoms with van der Waals surface area (Å²) in [6.07, 6.45) is 0.557. The molecule has 0 unspecified atom stereocenters. The zero-order valence-electron chi connectivity index (χ0n) is 3.35. The highest BCUT2D eigenvalue weighted by Crippen LogP contribution is 1.99. The molecule has 0 bridgehead atoms. The summed E-state index contributed by atoms with van der Waals surface area (Å²) in [5, 5.41) is 8.02. The van der Waals surface area contributed by atoms with Crippen molar-refractivity contribution in [3.05, 3.63) is 0 Å². The minimum absolute atomic E-state index is 0.0942. The molecule has 0 spiro atoms. The van der Waals surface area contributed by atoms with Crippen LogP contribution in [0.15, 0.2) is 0 Å². The minimum Gasteiger partial charge on any atom is -0.396 e. The van der Waals surface area contributed by atoms with Gasteiger partial charge < -0.3 is 5.11 Å². The van der Waals surface area contributed by atoms with Gasteiger partial charge in [-0.2, -0.15) is 3.89 Å². The first-order chi connectivity index (χ1) is 2.91. The average Bonchev–Trinajstić information content (AvgIpc) is 1.61. The van der Waals surface area contributed by atoms with E-state index in [1.165, 1.54) is 0 Å². The summed E-state index contributed by atoms with van der Waals surface area (Å²) < 4.78 is 11.0. The summed E-state index contributed by atoms with van der Waals surface area (Å²) in [4.78, 5) is 0. The minimum atomic E-state index is 0.0942. The molecular formula is C3H7FOS. The van der Waals surface area contributed by atoms with Gasteiger partial charge in [-0.05, 0) is 6.42 Å². The Bertz CT molecular complexity index is 22.8. The molecule has 0 rings (SSSR count). The van der Waals surface area contributed by atoms with Crippen molar-refractivity contribution in [3.63, 3.8) is 0 Å². The van der Waals surface area contributed by atoms with E-state index >= 15 is 0 Å². The van der Waals surface area contributed by atoms with E-state index in [2.05, 4.69) is 0 Å². The first kappa shape index (κ1) is 6.24. The van der Waals surface area contributed by atoms with Crippen molar-refractivity contribution in [2.45, 2.75) is 6.42 Å². The molecule has 0 atom stereocenters. The Morgan fingerprint density at radius 3 is 2.50 bits per heavy atom. The lowest BCUT2D eigenvalue weighted by Gasteiger charge is -1.82. The third kappa shape index (κ3) is 4.24. The maximum absolute atomic E-state index is 11.0. The Labute approximate surface area is 40.8 Å². The summed E-state index contributed by atoms with van der Waals surface area (Å²) in [7, 11) is 0. The molecule has 38 valence electrons. The summed E-state index contributed by atoms with van der Waals surface area (Å²) in [6, 6.07) is 0. The molecule has 1 N–H and O–H groups in total. The fraction of sp³-hybridized carbons (Fsp3) is 1.00. The van der Waals surface area contributed by atoms with Crippen molar-refractivity contribution in [1.82, 2.24) is 0 Å². The third-order valence-electron chi connectivity index (χ3n) is 0.380. The molecule has 0 aliphatic carbocycles. The fourth-order valence-corrected chi connectivity index (χ4v) is 0.357. The molecule has 0 aromatic heterocycles. The van der Waals surface area contributed by atoms with Crippen LogP contribution in [0.1, 0.15) is 6.42 Å². The molecule has 0 amide bonds. The molecule has 0 aliphatic heterocycles. The van der Waals surface area contributed by atoms with Gasteiger partial charge in [0.15, 0.2) is 0 Å². The van der Waals surface area contributed by atoms with Crippen molar-refractivity contribution in [3.8, 4) is 0 Å². The molecule has 0 aromatic carbocycles. The van der Waals surface area contributed by atoms with Crippen molar-refractivity contribution in [2.75, 3.05) is 12.4 Å². The van der Waals surface area contributed by atoms with Gasteiger partial charge in [0.2, 0.25) is 0 Å². The Hall–Kier alpha value is 0.240. The van der Waals surface area contributed by atoms with E-state index in [0.29, 0.717) is 12.2 Å². The van der Waals surface area contributed by atoms with Crippen LogP contribution < -0.4 is 0 Å². The van der Waals surface area contributed by atoms with E-state index in [4.69, 9.17) is 5.11 Å². The second kappa shape index (κ2) is 5.24. The van der Waals surface area contributed by atoms with Crippen molar-refractivity contribution in [2.24, 2.45) is 0 Å². The zero-order chi connectivity index (χ0) is 4.83. The SMILES string of the molecule is OCCCSF. The summed E-state index contributed by atoms with van der Waals surface area (Å²) in [5.74, 6) is 0.413. The van der Waals surface area contributed by atoms with Gasteiger partial charge in [0.25, 0.3) is 0 Å². The molecule has 0 aromatic rings. The maximum atomic E-state index is 11.0. The smallest absolute Gasteiger partial charge is 0.0443 e. The van der Waals surface area contributed by atoms with Crippen LogP contribution in [0.4, 0.5) is 3.89 Å². The number of hydrogen-bond acceptors (Lipinski definition) is 2. The van der Waals surface area contributed by atoms with Crippen LogP contribution in [0.25, 0.3) is 0 Å². The predicted molar refractivity (Wildman–Crippen MR) is 25.3 cm³/mol. The van der Waals surface area contributed by atoms with E-state index in [1.54, 1.807) is 0 Å². The lowest BCUT2D eigenvalue weighted by Crippen LogP contribution is -1.81. The van der Waals surface area contributed by atoms with Gasteiger partial charge >= 0.3 is 0 Å². The first-order valence-corrected chi connectivity index (χ1v) is 2.65. The highest BCUT2D eigenvalue weighted by molar-refractivity contribution is 7.94. The van der Waals surface area contributed by atoms with Gasteiger partial charge in [-0.25, -0.2) is 0 Å². The van der Waals surface area contributed by atoms with Gasteiger partial charge in [0.1, 0.15) is 0 Å². The molecule has 0 heterocycles. The Morgan fingerprint density at radius 2 is 2.33 bits per heavy atom. The van der Waals surface area contributed by atoms with E-state index in [9.17, 15) is 3.89 Å². The summed E-state index contributed by atoms with van der Waals surface area (Å²) in [6.45, 7) is 0.0942. The lowest BCUT2D eigenvalue weighted by molar-refractivity contribution is 0.296. The van der Waals surface area contributed by atoms with Crippen LogP contribution in [0.5, 0.6) is 0 Å². The number of aliphatic hydroxyl groups is 1. The van der Waals surface area contributed by atoms with Crippen LogP contribution in [-0.4, -0.2) is 17.5 Å². The van der Waals surface area contributed by atoms with Crippen LogP contribution in [0, 0.1) is 0 Å². The average molecular weight is 110 g/mol. The standard InChI is InChI=1S/C3H7FOS/c4-6-3-1-2-5/h5H,1-3H2. The normalized spacial score (nSPS) is 9.00. The highest BCUT2D eigenvalue weighted by atomic mass is 32.2. The Balaban J connectivity index is 2.34. The zero-order valence-corrected chi connectivity index (χ0v) is 4.17. The number of rotatable bonds is 3. The summed E-state index contributed by atoms with van der Waals surface area (Å²) >= 11 is 0.266. The lowest BCUT2D eigenvalue weighted by atomic mass is 10.5. The van der Waals surface area contributed by atoms with Crippen molar-refractivity contribution >= 4 is 12.1 Å². The van der Waals surface area contributed by atoms with Gasteiger partial charge in [-0.3, -0.25) is 0 Å². The van der Waals surface area contributed by atoms with E-state index in [0.717, 1.165) is 0 Å². The number of aliphatic hydroxyl groups excluding tert-OH is 1. The quantitative estimate of drug-likeness (QED) is 0.546. The molecular weight excluding hydrogens is 103 g/mol. The van der Waals surface area contributed by atoms with Crippen molar-refractivity contribution in [1.29, 1.82) is 0 Å². The highest BCUT2D eigenvalue weighted by Gasteiger charge is 1.80. The predicted octanol–water partition coefficient (Wildman–Crippen LogP) is 0.986. The molecule has 0 aliphatic rings. The van der Waals surface area contributed by atoms with E-state index < -0.39 is 0 Å². The topological polar surface area (TPSA) is 20.2 Å². The number of hydrogen-bond donors (Lipinski definition) is 1. The maximum Gasteiger partial charge on any atom is 0.0443 e. The fourth-order valence-electron chi connectivity index (χ4n) is 0.119. The molecule has 0 saturated carbocycles. The van der Waals surface area contributed by atoms with Gasteiger partial charge in [0, 0.05) is 24.5 Å². The second-order valence-electron chi connectivity index (χ2n) is 0.890. The first-order valence-electron chi connectivity index (χ1n) is 1.76. The Morgan fingerprint density at radius 1 is 1.67 bits per heavy atom. The van der Waals surface area contributed by atoms with Crippen LogP contribution in [0.3, 0.4) is 0 Å². The summed E-state index contributed by atoms with van der Waals surface area (Å²) in [5.41, 5.74) is 0. The van der Waals surface area contributed by atoms with Crippen molar-refractivity contribution < 1.29 is 8.99 Å². The molecule has 0 radical (unpaired) electrons. The van der Waals surface area contributed by atoms with Crippen LogP contribution in [-0.2, 0) is 0 Å². The van der Waals surface area contributed by atoms with Crippen LogP contribution in [0.2, 0.25) is 0 Å². The molecule has 3 heteroatoms. The van der Waals surface area contributed by atoms with Gasteiger partial charge in [-0.15, -0.1) is 0 Å². The van der Waals surface area contributed by atoms with Crippen LogP contribution >= 0.6 is 12.1 Å². The molecule has 6 heavy (non-hydrogen) atoms. The number of halogens is 1.